The first-order valence-electron chi connectivity index (χ1n) is 7.82. The van der Waals surface area contributed by atoms with Crippen LogP contribution in [0.4, 0.5) is 15.8 Å². The van der Waals surface area contributed by atoms with Crippen molar-refractivity contribution in [3.05, 3.63) is 59.9 Å². The van der Waals surface area contributed by atoms with E-state index in [1.807, 2.05) is 30.3 Å². The minimum atomic E-state index is -0.404. The molecule has 0 aromatic heterocycles. The van der Waals surface area contributed by atoms with Gasteiger partial charge in [-0.3, -0.25) is 4.79 Å². The SMILES string of the molecule is O=C1CCCN1c1cc(NC(=S)NCc2ccccc2)ccc1F. The number of nitrogens with one attached hydrogen (secondary N) is 2. The van der Waals surface area contributed by atoms with E-state index in [-0.39, 0.29) is 5.91 Å². The molecule has 1 aliphatic rings. The third-order valence-corrected chi connectivity index (χ3v) is 4.11. The Kier molecular flexibility index (Phi) is 5.05. The number of carbonyl (C=O) groups is 1. The first kappa shape index (κ1) is 16.4. The zero-order chi connectivity index (χ0) is 16.9. The molecule has 0 atom stereocenters. The van der Waals surface area contributed by atoms with Gasteiger partial charge in [0.15, 0.2) is 5.11 Å². The lowest BCUT2D eigenvalue weighted by molar-refractivity contribution is -0.117. The van der Waals surface area contributed by atoms with Gasteiger partial charge in [-0.1, -0.05) is 30.3 Å². The fourth-order valence-electron chi connectivity index (χ4n) is 2.65. The molecule has 1 fully saturated rings. The Morgan fingerprint density at radius 2 is 2.00 bits per heavy atom. The van der Waals surface area contributed by atoms with Gasteiger partial charge in [0, 0.05) is 25.2 Å². The highest BCUT2D eigenvalue weighted by Crippen LogP contribution is 2.27. The van der Waals surface area contributed by atoms with Crippen LogP contribution in [0.25, 0.3) is 0 Å². The Morgan fingerprint density at radius 1 is 1.21 bits per heavy atom. The van der Waals surface area contributed by atoms with E-state index in [4.69, 9.17) is 12.2 Å². The van der Waals surface area contributed by atoms with Crippen LogP contribution in [0.1, 0.15) is 18.4 Å². The molecule has 1 heterocycles. The molecule has 2 aromatic rings. The van der Waals surface area contributed by atoms with E-state index in [1.165, 1.54) is 11.0 Å². The molecule has 3 rings (SSSR count). The average Bonchev–Trinajstić information content (AvgIpc) is 3.01. The second kappa shape index (κ2) is 7.40. The largest absolute Gasteiger partial charge is 0.358 e. The lowest BCUT2D eigenvalue weighted by Crippen LogP contribution is -2.28. The normalized spacial score (nSPS) is 13.9. The number of hydrogen-bond donors (Lipinski definition) is 2. The summed E-state index contributed by atoms with van der Waals surface area (Å²) in [5.41, 5.74) is 2.06. The van der Waals surface area contributed by atoms with Gasteiger partial charge in [-0.2, -0.15) is 0 Å². The molecule has 6 heteroatoms. The number of rotatable bonds is 4. The number of benzene rings is 2. The molecule has 1 aliphatic heterocycles. The van der Waals surface area contributed by atoms with Crippen LogP contribution in [0.5, 0.6) is 0 Å². The van der Waals surface area contributed by atoms with Gasteiger partial charge in [0.2, 0.25) is 5.91 Å². The van der Waals surface area contributed by atoms with Gasteiger partial charge in [0.25, 0.3) is 0 Å². The summed E-state index contributed by atoms with van der Waals surface area (Å²) in [6, 6.07) is 14.5. The maximum absolute atomic E-state index is 14.0. The summed E-state index contributed by atoms with van der Waals surface area (Å²) in [5.74, 6) is -0.449. The van der Waals surface area contributed by atoms with Gasteiger partial charge in [-0.15, -0.1) is 0 Å². The molecule has 0 unspecified atom stereocenters. The van der Waals surface area contributed by atoms with E-state index in [0.717, 1.165) is 12.0 Å². The van der Waals surface area contributed by atoms with Crippen molar-refractivity contribution in [2.75, 3.05) is 16.8 Å². The highest BCUT2D eigenvalue weighted by atomic mass is 32.1. The molecule has 0 spiro atoms. The molecule has 1 amide bonds. The number of hydrogen-bond acceptors (Lipinski definition) is 2. The minimum absolute atomic E-state index is 0.0455. The number of nitrogens with zero attached hydrogens (tertiary/aromatic N) is 1. The lowest BCUT2D eigenvalue weighted by atomic mass is 10.2. The Morgan fingerprint density at radius 3 is 2.71 bits per heavy atom. The molecular weight excluding hydrogens is 325 g/mol. The molecule has 2 aromatic carbocycles. The number of anilines is 2. The quantitative estimate of drug-likeness (QED) is 0.835. The van der Waals surface area contributed by atoms with Gasteiger partial charge in [0.1, 0.15) is 5.82 Å². The number of thiocarbonyl (C=S) groups is 1. The number of halogens is 1. The predicted molar refractivity (Wildman–Crippen MR) is 97.5 cm³/mol. The molecule has 4 nitrogen and oxygen atoms in total. The molecule has 0 bridgehead atoms. The molecule has 0 saturated carbocycles. The standard InChI is InChI=1S/C18H18FN3OS/c19-15-9-8-14(11-16(15)22-10-4-7-17(22)23)21-18(24)20-12-13-5-2-1-3-6-13/h1-3,5-6,8-9,11H,4,7,10,12H2,(H2,20,21,24). The molecule has 124 valence electrons. The number of amides is 1. The Bertz CT molecular complexity index is 751. The molecule has 24 heavy (non-hydrogen) atoms. The van der Waals surface area contributed by atoms with Crippen molar-refractivity contribution < 1.29 is 9.18 Å². The highest BCUT2D eigenvalue weighted by Gasteiger charge is 2.24. The fraction of sp³-hybridized carbons (Fsp3) is 0.222. The van der Waals surface area contributed by atoms with Crippen LogP contribution in [0.3, 0.4) is 0 Å². The van der Waals surface area contributed by atoms with Crippen LogP contribution in [-0.2, 0) is 11.3 Å². The average molecular weight is 343 g/mol. The molecule has 1 saturated heterocycles. The Labute approximate surface area is 145 Å². The Balaban J connectivity index is 1.64. The molecular formula is C18H18FN3OS. The Hall–Kier alpha value is -2.47. The third kappa shape index (κ3) is 3.89. The summed E-state index contributed by atoms with van der Waals surface area (Å²) >= 11 is 5.27. The van der Waals surface area contributed by atoms with Crippen molar-refractivity contribution in [1.82, 2.24) is 5.32 Å². The van der Waals surface area contributed by atoms with Gasteiger partial charge in [-0.05, 0) is 42.4 Å². The molecule has 2 N–H and O–H groups in total. The van der Waals surface area contributed by atoms with E-state index in [0.29, 0.717) is 36.0 Å². The topological polar surface area (TPSA) is 44.4 Å². The first-order valence-corrected chi connectivity index (χ1v) is 8.23. The van der Waals surface area contributed by atoms with E-state index in [2.05, 4.69) is 10.6 Å². The van der Waals surface area contributed by atoms with Crippen molar-refractivity contribution in [1.29, 1.82) is 0 Å². The highest BCUT2D eigenvalue weighted by molar-refractivity contribution is 7.80. The van der Waals surface area contributed by atoms with Crippen molar-refractivity contribution in [3.8, 4) is 0 Å². The zero-order valence-electron chi connectivity index (χ0n) is 13.1. The maximum Gasteiger partial charge on any atom is 0.227 e. The van der Waals surface area contributed by atoms with Crippen LogP contribution >= 0.6 is 12.2 Å². The fourth-order valence-corrected chi connectivity index (χ4v) is 2.84. The van der Waals surface area contributed by atoms with E-state index >= 15 is 0 Å². The van der Waals surface area contributed by atoms with Crippen LogP contribution in [-0.4, -0.2) is 17.6 Å². The van der Waals surface area contributed by atoms with Crippen molar-refractivity contribution >= 4 is 34.6 Å². The van der Waals surface area contributed by atoms with Gasteiger partial charge in [-0.25, -0.2) is 4.39 Å². The van der Waals surface area contributed by atoms with Crippen LogP contribution in [0.15, 0.2) is 48.5 Å². The lowest BCUT2D eigenvalue weighted by Gasteiger charge is -2.18. The summed E-state index contributed by atoms with van der Waals surface area (Å²) in [4.78, 5) is 13.3. The van der Waals surface area contributed by atoms with Crippen LogP contribution < -0.4 is 15.5 Å². The second-order valence-corrected chi connectivity index (χ2v) is 6.02. The van der Waals surface area contributed by atoms with Crippen LogP contribution in [0, 0.1) is 5.82 Å². The second-order valence-electron chi connectivity index (χ2n) is 5.61. The molecule has 0 radical (unpaired) electrons. The summed E-state index contributed by atoms with van der Waals surface area (Å²) in [5, 5.41) is 6.59. The summed E-state index contributed by atoms with van der Waals surface area (Å²) in [6.45, 7) is 1.15. The smallest absolute Gasteiger partial charge is 0.227 e. The van der Waals surface area contributed by atoms with Gasteiger partial charge >= 0.3 is 0 Å². The van der Waals surface area contributed by atoms with E-state index in [9.17, 15) is 9.18 Å². The van der Waals surface area contributed by atoms with Crippen LogP contribution in [0.2, 0.25) is 0 Å². The van der Waals surface area contributed by atoms with Crippen molar-refractivity contribution in [2.24, 2.45) is 0 Å². The van der Waals surface area contributed by atoms with E-state index < -0.39 is 5.82 Å². The van der Waals surface area contributed by atoms with E-state index in [1.54, 1.807) is 12.1 Å². The zero-order valence-corrected chi connectivity index (χ0v) is 13.9. The minimum Gasteiger partial charge on any atom is -0.358 e. The monoisotopic (exact) mass is 343 g/mol. The van der Waals surface area contributed by atoms with Crippen molar-refractivity contribution in [2.45, 2.75) is 19.4 Å². The summed E-state index contributed by atoms with van der Waals surface area (Å²) < 4.78 is 14.0. The maximum atomic E-state index is 14.0. The third-order valence-electron chi connectivity index (χ3n) is 3.86. The number of carbonyl (C=O) groups excluding carboxylic acids is 1. The summed E-state index contributed by atoms with van der Waals surface area (Å²) in [7, 11) is 0. The van der Waals surface area contributed by atoms with Gasteiger partial charge in [0.05, 0.1) is 5.69 Å². The first-order chi connectivity index (χ1) is 11.6. The van der Waals surface area contributed by atoms with Crippen molar-refractivity contribution in [3.63, 3.8) is 0 Å². The summed E-state index contributed by atoms with van der Waals surface area (Å²) in [6.07, 6.45) is 1.22. The molecule has 0 aliphatic carbocycles. The van der Waals surface area contributed by atoms with Gasteiger partial charge < -0.3 is 15.5 Å². The predicted octanol–water partition coefficient (Wildman–Crippen LogP) is 3.44.